The Morgan fingerprint density at radius 3 is 1.21 bits per heavy atom. The molecule has 1 fully saturated rings. The summed E-state index contributed by atoms with van der Waals surface area (Å²) in [5.74, 6) is 0. The minimum Gasteiger partial charge on any atom is -0.399 e. The van der Waals surface area contributed by atoms with Crippen molar-refractivity contribution in [2.24, 2.45) is 0 Å². The van der Waals surface area contributed by atoms with Crippen LogP contribution >= 0.6 is 15.9 Å². The van der Waals surface area contributed by atoms with Gasteiger partial charge in [-0.1, -0.05) is 265 Å². The lowest BCUT2D eigenvalue weighted by molar-refractivity contribution is 0.00578. The van der Waals surface area contributed by atoms with Gasteiger partial charge in [0.2, 0.25) is 0 Å². The van der Waals surface area contributed by atoms with E-state index in [1.807, 2.05) is 6.07 Å². The fourth-order valence-electron chi connectivity index (χ4n) is 17.2. The number of halogens is 1. The van der Waals surface area contributed by atoms with Crippen LogP contribution in [0.5, 0.6) is 0 Å². The summed E-state index contributed by atoms with van der Waals surface area (Å²) < 4.78 is 18.5. The van der Waals surface area contributed by atoms with Crippen molar-refractivity contribution in [2.75, 3.05) is 0 Å². The second-order valence-corrected chi connectivity index (χ2v) is 29.9. The first-order chi connectivity index (χ1) is 51.0. The number of hydrogen-bond donors (Lipinski definition) is 0. The number of aromatic nitrogens is 4. The number of hydrogen-bond acceptors (Lipinski definition) is 4. The lowest BCUT2D eigenvalue weighted by Gasteiger charge is -2.32. The zero-order chi connectivity index (χ0) is 69.3. The average Bonchev–Trinajstić information content (AvgIpc) is 1.37. The highest BCUT2D eigenvalue weighted by atomic mass is 79.9. The van der Waals surface area contributed by atoms with Gasteiger partial charge < -0.3 is 9.31 Å². The van der Waals surface area contributed by atoms with Gasteiger partial charge in [0.25, 0.3) is 0 Å². The molecule has 0 N–H and O–H groups in total. The van der Waals surface area contributed by atoms with E-state index in [4.69, 9.17) is 19.3 Å². The van der Waals surface area contributed by atoms with Gasteiger partial charge in [-0.2, -0.15) is 0 Å². The zero-order valence-corrected chi connectivity index (χ0v) is 59.2. The lowest BCUT2D eigenvalue weighted by atomic mass is 9.78. The maximum atomic E-state index is 6.39. The number of benzene rings is 16. The van der Waals surface area contributed by atoms with Gasteiger partial charge in [-0.05, 0) is 221 Å². The van der Waals surface area contributed by atoms with E-state index in [9.17, 15) is 0 Å². The van der Waals surface area contributed by atoms with Gasteiger partial charge in [0.15, 0.2) is 0 Å². The van der Waals surface area contributed by atoms with Gasteiger partial charge in [-0.15, -0.1) is 0 Å². The first-order valence-electron chi connectivity index (χ1n) is 35.8. The van der Waals surface area contributed by atoms with Crippen molar-refractivity contribution in [3.05, 3.63) is 320 Å². The minimum atomic E-state index is -0.414. The molecule has 0 spiro atoms. The van der Waals surface area contributed by atoms with Gasteiger partial charge >= 0.3 is 7.12 Å². The van der Waals surface area contributed by atoms with E-state index in [1.54, 1.807) is 0 Å². The largest absolute Gasteiger partial charge is 0.494 e. The molecule has 0 amide bonds. The summed E-state index contributed by atoms with van der Waals surface area (Å²) in [5, 5.41) is 17.6. The van der Waals surface area contributed by atoms with Crippen LogP contribution < -0.4 is 5.46 Å². The van der Waals surface area contributed by atoms with Gasteiger partial charge in [-0.25, -0.2) is 9.97 Å². The number of pyridine rings is 2. The minimum absolute atomic E-state index is 0.386. The van der Waals surface area contributed by atoms with E-state index in [0.717, 1.165) is 54.2 Å². The molecule has 490 valence electrons. The molecular weight excluding hydrogens is 1330 g/mol. The Labute approximate surface area is 608 Å². The van der Waals surface area contributed by atoms with Crippen molar-refractivity contribution in [2.45, 2.75) is 38.9 Å². The van der Waals surface area contributed by atoms with Crippen molar-refractivity contribution in [1.82, 2.24) is 18.8 Å². The predicted octanol–water partition coefficient (Wildman–Crippen LogP) is 25.2. The molecule has 0 unspecified atom stereocenters. The van der Waals surface area contributed by atoms with Crippen LogP contribution in [0.25, 0.3) is 198 Å². The standard InChI is InChI=1S/C45H26N2.C29H25BN2O2.C22H13Br/c1-2-12-32-27(9-1)19-22-39-43(32)38-21-20-29(26-42(38)47-41-18-6-5-17-40(41)46-45(39)47)28-10-7-11-30(25-28)31-23-24-37-34-14-4-3-13-33(34)36-16-8-15-35(31)44(36)37;1-28(2)29(3,4)34-30(33-28)19-14-16-21-25(17-19)32-24-12-8-7-11-23(24)31-27(32)22-15-13-18-9-5-6-10-20(18)26(21)22;23-15-6-3-5-14(13-15)16-11-12-21-18-8-2-1-7-17(18)20-10-4-9-19(16)22(20)21/h1-26H;5-17H,1-4H3;1-13H. The number of nitrogens with zero attached hydrogens (tertiary/aromatic N) is 4. The number of rotatable bonds is 4. The quantitative estimate of drug-likeness (QED) is 0.130. The SMILES string of the molecule is Brc1cccc(-c2ccc3c4c(cccc24)-c2ccccc2-3)c1.CC1(C)OB(c2ccc3c4c5ccccc5ccc4c4nc5ccccc5n4c3c2)OC1(C)C.c1cc(-c2ccc3c4c5ccccc5ccc4c4nc5ccccc5n4c3c2)cc(-c2ccc3c4c(cccc24)-c2ccccc2-3)c1. The van der Waals surface area contributed by atoms with Crippen molar-refractivity contribution in [3.63, 3.8) is 0 Å². The van der Waals surface area contributed by atoms with Crippen molar-refractivity contribution < 1.29 is 9.31 Å². The molecule has 0 bridgehead atoms. The molecule has 104 heavy (non-hydrogen) atoms. The third-order valence-electron chi connectivity index (χ3n) is 22.8. The third-order valence-corrected chi connectivity index (χ3v) is 23.3. The third kappa shape index (κ3) is 9.15. The molecule has 2 aliphatic carbocycles. The summed E-state index contributed by atoms with van der Waals surface area (Å²) in [6.45, 7) is 8.37. The molecule has 6 nitrogen and oxygen atoms in total. The Bertz CT molecular complexity index is 7030. The maximum Gasteiger partial charge on any atom is 0.494 e. The molecule has 1 aliphatic heterocycles. The van der Waals surface area contributed by atoms with Gasteiger partial charge in [0.1, 0.15) is 11.3 Å². The maximum absolute atomic E-state index is 6.39. The fraction of sp³-hybridized carbons (Fsp3) is 0.0625. The molecule has 23 rings (SSSR count). The fourth-order valence-corrected chi connectivity index (χ4v) is 17.6. The van der Waals surface area contributed by atoms with E-state index in [1.165, 1.54) is 153 Å². The smallest absolute Gasteiger partial charge is 0.399 e. The summed E-state index contributed by atoms with van der Waals surface area (Å²) in [6, 6.07) is 114. The normalized spacial score (nSPS) is 13.9. The van der Waals surface area contributed by atoms with Crippen LogP contribution in [-0.2, 0) is 9.31 Å². The Balaban J connectivity index is 0.000000107. The summed E-state index contributed by atoms with van der Waals surface area (Å²) >= 11 is 3.59. The second kappa shape index (κ2) is 23.0. The van der Waals surface area contributed by atoms with Crippen LogP contribution in [0.4, 0.5) is 0 Å². The molecule has 0 radical (unpaired) electrons. The van der Waals surface area contributed by atoms with Crippen LogP contribution in [0.1, 0.15) is 27.7 Å². The topological polar surface area (TPSA) is 53.1 Å². The molecule has 16 aromatic carbocycles. The van der Waals surface area contributed by atoms with Gasteiger partial charge in [0, 0.05) is 36.8 Å². The monoisotopic (exact) mass is 1390 g/mol. The van der Waals surface area contributed by atoms with Crippen LogP contribution in [-0.4, -0.2) is 37.1 Å². The molecule has 8 heteroatoms. The highest BCUT2D eigenvalue weighted by Gasteiger charge is 2.52. The first kappa shape index (κ1) is 60.7. The van der Waals surface area contributed by atoms with Crippen LogP contribution in [0, 0.1) is 0 Å². The molecule has 3 aliphatic rings. The first-order valence-corrected chi connectivity index (χ1v) is 36.6. The van der Waals surface area contributed by atoms with Gasteiger partial charge in [-0.3, -0.25) is 8.80 Å². The van der Waals surface area contributed by atoms with Crippen molar-refractivity contribution in [1.29, 1.82) is 0 Å². The molecule has 4 aromatic heterocycles. The molecular formula is C96H64BBrN4O2. The summed E-state index contributed by atoms with van der Waals surface area (Å²) in [5.41, 5.74) is 26.9. The Morgan fingerprint density at radius 2 is 0.673 bits per heavy atom. The number of imidazole rings is 2. The van der Waals surface area contributed by atoms with E-state index >= 15 is 0 Å². The molecule has 1 saturated heterocycles. The highest BCUT2D eigenvalue weighted by molar-refractivity contribution is 9.10. The average molecular weight is 1400 g/mol. The zero-order valence-electron chi connectivity index (χ0n) is 57.6. The van der Waals surface area contributed by atoms with Crippen LogP contribution in [0.2, 0.25) is 0 Å². The van der Waals surface area contributed by atoms with Gasteiger partial charge in [0.05, 0.1) is 44.3 Å². The van der Waals surface area contributed by atoms with Crippen molar-refractivity contribution in [3.8, 4) is 77.9 Å². The molecule has 20 aromatic rings. The van der Waals surface area contributed by atoms with E-state index < -0.39 is 7.12 Å². The van der Waals surface area contributed by atoms with Crippen LogP contribution in [0.15, 0.2) is 320 Å². The summed E-state index contributed by atoms with van der Waals surface area (Å²) in [4.78, 5) is 10.3. The number of para-hydroxylation sites is 4. The molecule has 0 saturated carbocycles. The number of fused-ring (bicyclic) bond motifs is 26. The highest BCUT2D eigenvalue weighted by Crippen LogP contribution is 2.52. The Kier molecular flexibility index (Phi) is 13.4. The van der Waals surface area contributed by atoms with Crippen LogP contribution in [0.3, 0.4) is 0 Å². The van der Waals surface area contributed by atoms with Crippen molar-refractivity contribution >= 4 is 148 Å². The van der Waals surface area contributed by atoms with E-state index in [-0.39, 0.29) is 11.2 Å². The Hall–Kier alpha value is -12.0. The Morgan fingerprint density at radius 1 is 0.279 bits per heavy atom. The second-order valence-electron chi connectivity index (χ2n) is 29.0. The predicted molar refractivity (Wildman–Crippen MR) is 440 cm³/mol. The van der Waals surface area contributed by atoms with E-state index in [2.05, 4.69) is 362 Å². The summed E-state index contributed by atoms with van der Waals surface area (Å²) in [7, 11) is -0.414. The molecule has 0 atom stereocenters. The van der Waals surface area contributed by atoms with E-state index in [0.29, 0.717) is 0 Å². The molecule has 5 heterocycles. The lowest BCUT2D eigenvalue weighted by Crippen LogP contribution is -2.41. The summed E-state index contributed by atoms with van der Waals surface area (Å²) in [6.07, 6.45) is 0.